The summed E-state index contributed by atoms with van der Waals surface area (Å²) in [4.78, 5) is 12.3. The second-order valence-electron chi connectivity index (χ2n) is 7.69. The number of rotatable bonds is 6. The summed E-state index contributed by atoms with van der Waals surface area (Å²) in [6.07, 6.45) is 6.39. The van der Waals surface area contributed by atoms with Crippen molar-refractivity contribution in [2.75, 3.05) is 12.3 Å². The number of allylic oxidation sites excluding steroid dienone is 1. The number of fused-ring (bicyclic) bond motifs is 1. The van der Waals surface area contributed by atoms with Crippen LogP contribution < -0.4 is 5.32 Å². The van der Waals surface area contributed by atoms with Crippen molar-refractivity contribution in [3.05, 3.63) is 67.7 Å². The number of nitrogens with zero attached hydrogens (tertiary/aromatic N) is 2. The molecule has 11 heteroatoms. The van der Waals surface area contributed by atoms with Crippen LogP contribution >= 0.6 is 46.1 Å². The van der Waals surface area contributed by atoms with Crippen molar-refractivity contribution in [1.82, 2.24) is 15.1 Å². The molecule has 0 bridgehead atoms. The third-order valence-electron chi connectivity index (χ3n) is 5.29. The molecule has 0 fully saturated rings. The molecule has 1 amide bonds. The van der Waals surface area contributed by atoms with Gasteiger partial charge in [-0.25, -0.2) is 13.1 Å². The van der Waals surface area contributed by atoms with Gasteiger partial charge in [-0.3, -0.25) is 4.79 Å². The average Bonchev–Trinajstić information content (AvgIpc) is 3.32. The molecule has 1 aliphatic carbocycles. The number of halogens is 3. The molecule has 0 atom stereocenters. The van der Waals surface area contributed by atoms with Gasteiger partial charge in [0.05, 0.1) is 26.9 Å². The standard InChI is InChI=1S/C22H20Cl3N3O3S2/c1-13-9-20(32-22(13)25)33(30,31)12-19(29)26-8-7-14-3-2-4-15-11-27-28(21(14)15)18-6-5-16(23)10-17(18)24/h5-7,9-11H,2-4,8,12H2,1H3,(H,26,29)/b14-7+. The Morgan fingerprint density at radius 2 is 2.03 bits per heavy atom. The Morgan fingerprint density at radius 3 is 2.73 bits per heavy atom. The summed E-state index contributed by atoms with van der Waals surface area (Å²) in [5.41, 5.74) is 4.45. The molecule has 1 N–H and O–H groups in total. The number of hydrogen-bond acceptors (Lipinski definition) is 5. The molecule has 0 aliphatic heterocycles. The highest BCUT2D eigenvalue weighted by molar-refractivity contribution is 7.94. The number of aryl methyl sites for hydroxylation is 2. The average molecular weight is 545 g/mol. The lowest BCUT2D eigenvalue weighted by Gasteiger charge is -2.18. The van der Waals surface area contributed by atoms with E-state index in [2.05, 4.69) is 10.4 Å². The molecule has 3 aromatic rings. The van der Waals surface area contributed by atoms with E-state index in [1.165, 1.54) is 6.07 Å². The number of hydrogen-bond donors (Lipinski definition) is 1. The number of aromatic nitrogens is 2. The Hall–Kier alpha value is -1.84. The summed E-state index contributed by atoms with van der Waals surface area (Å²) in [6.45, 7) is 1.93. The fraction of sp³-hybridized carbons (Fsp3) is 0.273. The maximum Gasteiger partial charge on any atom is 0.235 e. The van der Waals surface area contributed by atoms with Crippen LogP contribution in [0, 0.1) is 6.92 Å². The van der Waals surface area contributed by atoms with Crippen molar-refractivity contribution in [3.63, 3.8) is 0 Å². The molecule has 33 heavy (non-hydrogen) atoms. The molecule has 0 saturated heterocycles. The van der Waals surface area contributed by atoms with E-state index in [0.29, 0.717) is 19.9 Å². The molecule has 4 rings (SSSR count). The predicted octanol–water partition coefficient (Wildman–Crippen LogP) is 5.51. The van der Waals surface area contributed by atoms with E-state index in [9.17, 15) is 13.2 Å². The van der Waals surface area contributed by atoms with Gasteiger partial charge in [0.1, 0.15) is 9.96 Å². The number of amides is 1. The van der Waals surface area contributed by atoms with Crippen LogP contribution in [0.4, 0.5) is 0 Å². The van der Waals surface area contributed by atoms with Gasteiger partial charge in [0.2, 0.25) is 5.91 Å². The summed E-state index contributed by atoms with van der Waals surface area (Å²) in [5.74, 6) is -1.20. The summed E-state index contributed by atoms with van der Waals surface area (Å²) in [7, 11) is -3.75. The van der Waals surface area contributed by atoms with Crippen molar-refractivity contribution in [1.29, 1.82) is 0 Å². The van der Waals surface area contributed by atoms with E-state index >= 15 is 0 Å². The Kier molecular flexibility index (Phi) is 7.21. The molecule has 2 aromatic heterocycles. The van der Waals surface area contributed by atoms with Crippen LogP contribution in [0.25, 0.3) is 11.3 Å². The molecular formula is C22H20Cl3N3O3S2. The topological polar surface area (TPSA) is 81.1 Å². The highest BCUT2D eigenvalue weighted by Gasteiger charge is 2.24. The Morgan fingerprint density at radius 1 is 1.24 bits per heavy atom. The minimum atomic E-state index is -3.75. The van der Waals surface area contributed by atoms with Gasteiger partial charge in [-0.2, -0.15) is 5.10 Å². The smallest absolute Gasteiger partial charge is 0.235 e. The van der Waals surface area contributed by atoms with E-state index in [4.69, 9.17) is 34.8 Å². The van der Waals surface area contributed by atoms with Gasteiger partial charge >= 0.3 is 0 Å². The summed E-state index contributed by atoms with van der Waals surface area (Å²) >= 11 is 19.4. The largest absolute Gasteiger partial charge is 0.352 e. The molecule has 1 aromatic carbocycles. The van der Waals surface area contributed by atoms with E-state index in [1.54, 1.807) is 23.7 Å². The highest BCUT2D eigenvalue weighted by Crippen LogP contribution is 2.34. The maximum atomic E-state index is 12.5. The first-order valence-electron chi connectivity index (χ1n) is 10.1. The van der Waals surface area contributed by atoms with Gasteiger partial charge in [-0.15, -0.1) is 11.3 Å². The Balaban J connectivity index is 1.49. The van der Waals surface area contributed by atoms with E-state index < -0.39 is 21.5 Å². The first kappa shape index (κ1) is 24.3. The minimum Gasteiger partial charge on any atom is -0.352 e. The molecule has 0 spiro atoms. The third kappa shape index (κ3) is 5.30. The van der Waals surface area contributed by atoms with Crippen LogP contribution in [-0.2, 0) is 21.1 Å². The van der Waals surface area contributed by atoms with Crippen molar-refractivity contribution >= 4 is 67.5 Å². The second kappa shape index (κ2) is 9.80. The number of sulfone groups is 1. The van der Waals surface area contributed by atoms with Crippen molar-refractivity contribution < 1.29 is 13.2 Å². The monoisotopic (exact) mass is 543 g/mol. The third-order valence-corrected chi connectivity index (χ3v) is 9.56. The van der Waals surface area contributed by atoms with Gasteiger partial charge in [0.15, 0.2) is 9.84 Å². The Labute approximate surface area is 211 Å². The van der Waals surface area contributed by atoms with Crippen LogP contribution in [-0.4, -0.2) is 36.4 Å². The summed E-state index contributed by atoms with van der Waals surface area (Å²) < 4.78 is 27.3. The zero-order valence-corrected chi connectivity index (χ0v) is 21.5. The minimum absolute atomic E-state index is 0.0965. The lowest BCUT2D eigenvalue weighted by molar-refractivity contribution is -0.118. The number of carbonyl (C=O) groups is 1. The van der Waals surface area contributed by atoms with Gasteiger partial charge in [-0.05, 0) is 67.2 Å². The molecule has 2 heterocycles. The van der Waals surface area contributed by atoms with Gasteiger partial charge < -0.3 is 5.32 Å². The van der Waals surface area contributed by atoms with Crippen LogP contribution in [0.5, 0.6) is 0 Å². The number of nitrogens with one attached hydrogen (secondary N) is 1. The predicted molar refractivity (Wildman–Crippen MR) is 134 cm³/mol. The zero-order chi connectivity index (χ0) is 23.8. The first-order valence-corrected chi connectivity index (χ1v) is 13.7. The van der Waals surface area contributed by atoms with Gasteiger partial charge in [0.25, 0.3) is 0 Å². The second-order valence-corrected chi connectivity index (χ2v) is 12.4. The molecule has 6 nitrogen and oxygen atoms in total. The zero-order valence-electron chi connectivity index (χ0n) is 17.6. The van der Waals surface area contributed by atoms with Crippen molar-refractivity contribution in [2.45, 2.75) is 30.4 Å². The van der Waals surface area contributed by atoms with E-state index in [1.807, 2.05) is 18.3 Å². The van der Waals surface area contributed by atoms with Crippen LogP contribution in [0.2, 0.25) is 14.4 Å². The van der Waals surface area contributed by atoms with Crippen molar-refractivity contribution in [3.8, 4) is 5.69 Å². The molecule has 174 valence electrons. The molecular weight excluding hydrogens is 525 g/mol. The Bertz CT molecular complexity index is 1340. The molecule has 1 aliphatic rings. The number of thiophene rings is 1. The quantitative estimate of drug-likeness (QED) is 0.443. The van der Waals surface area contributed by atoms with Crippen LogP contribution in [0.3, 0.4) is 0 Å². The highest BCUT2D eigenvalue weighted by atomic mass is 35.5. The number of benzene rings is 1. The summed E-state index contributed by atoms with van der Waals surface area (Å²) in [5, 5.41) is 8.22. The van der Waals surface area contributed by atoms with Gasteiger partial charge in [0, 0.05) is 11.6 Å². The lowest BCUT2D eigenvalue weighted by atomic mass is 9.92. The fourth-order valence-electron chi connectivity index (χ4n) is 3.70. The maximum absolute atomic E-state index is 12.5. The van der Waals surface area contributed by atoms with Gasteiger partial charge in [-0.1, -0.05) is 40.9 Å². The number of carbonyl (C=O) groups excluding carboxylic acids is 1. The fourth-order valence-corrected chi connectivity index (χ4v) is 7.14. The van der Waals surface area contributed by atoms with Crippen molar-refractivity contribution in [2.24, 2.45) is 0 Å². The molecule has 0 saturated carbocycles. The summed E-state index contributed by atoms with van der Waals surface area (Å²) in [6, 6.07) is 6.73. The molecule has 0 radical (unpaired) electrons. The van der Waals surface area contributed by atoms with Crippen LogP contribution in [0.1, 0.15) is 29.7 Å². The first-order chi connectivity index (χ1) is 15.7. The van der Waals surface area contributed by atoms with Crippen LogP contribution in [0.15, 0.2) is 40.7 Å². The van der Waals surface area contributed by atoms with E-state index in [0.717, 1.165) is 53.1 Å². The van der Waals surface area contributed by atoms with E-state index in [-0.39, 0.29) is 10.8 Å². The normalized spacial score (nSPS) is 15.0. The molecule has 0 unspecified atom stereocenters. The lowest BCUT2D eigenvalue weighted by Crippen LogP contribution is -2.30. The SMILES string of the molecule is Cc1cc(S(=O)(=O)CC(=O)NC/C=C2\CCCc3cnn(-c4ccc(Cl)cc4Cl)c32)sc1Cl.